The first-order valence-electron chi connectivity index (χ1n) is 4.32. The molecule has 0 saturated carbocycles. The van der Waals surface area contributed by atoms with Crippen molar-refractivity contribution in [3.8, 4) is 0 Å². The molecule has 5 heteroatoms. The van der Waals surface area contributed by atoms with E-state index < -0.39 is 5.82 Å². The number of carbonyl (C=O) groups is 1. The molecular weight excluding hydrogens is 343 g/mol. The van der Waals surface area contributed by atoms with Crippen molar-refractivity contribution in [1.82, 2.24) is 0 Å². The van der Waals surface area contributed by atoms with Gasteiger partial charge in [-0.2, -0.15) is 0 Å². The Morgan fingerprint density at radius 3 is 2.56 bits per heavy atom. The number of hydrogen-bond acceptors (Lipinski definition) is 2. The molecule has 0 radical (unpaired) electrons. The van der Waals surface area contributed by atoms with E-state index in [-0.39, 0.29) is 17.1 Å². The zero-order valence-electron chi connectivity index (χ0n) is 7.84. The fourth-order valence-corrected chi connectivity index (χ4v) is 2.06. The first-order chi connectivity index (χ1) is 7.59. The third-order valence-electron chi connectivity index (χ3n) is 2.00. The minimum atomic E-state index is -0.464. The predicted octanol–water partition coefficient (Wildman–Crippen LogP) is 4.17. The highest BCUT2D eigenvalue weighted by atomic mass is 79.9. The zero-order chi connectivity index (χ0) is 11.7. The van der Waals surface area contributed by atoms with E-state index in [0.29, 0.717) is 8.95 Å². The monoisotopic (exact) mass is 346 g/mol. The normalized spacial score (nSPS) is 10.4. The van der Waals surface area contributed by atoms with Crippen molar-refractivity contribution < 1.29 is 13.6 Å². The van der Waals surface area contributed by atoms with Gasteiger partial charge in [-0.1, -0.05) is 15.9 Å². The van der Waals surface area contributed by atoms with Crippen LogP contribution < -0.4 is 0 Å². The molecule has 0 amide bonds. The second kappa shape index (κ2) is 4.51. The van der Waals surface area contributed by atoms with Crippen LogP contribution in [0.4, 0.5) is 4.39 Å². The summed E-state index contributed by atoms with van der Waals surface area (Å²) in [5.41, 5.74) is 0.232. The number of carbonyl (C=O) groups excluding carboxylic acids is 1. The summed E-state index contributed by atoms with van der Waals surface area (Å²) in [5.74, 6) is -0.677. The topological polar surface area (TPSA) is 30.2 Å². The van der Waals surface area contributed by atoms with E-state index in [1.54, 1.807) is 6.07 Å². The van der Waals surface area contributed by atoms with Gasteiger partial charge in [0.05, 0.1) is 10.7 Å². The van der Waals surface area contributed by atoms with Gasteiger partial charge in [0.15, 0.2) is 5.76 Å². The van der Waals surface area contributed by atoms with E-state index in [4.69, 9.17) is 4.42 Å². The second-order valence-corrected chi connectivity index (χ2v) is 4.76. The lowest BCUT2D eigenvalue weighted by molar-refractivity contribution is 0.101. The van der Waals surface area contributed by atoms with Gasteiger partial charge in [-0.05, 0) is 40.2 Å². The summed E-state index contributed by atoms with van der Waals surface area (Å²) in [6, 6.07) is 5.54. The van der Waals surface area contributed by atoms with E-state index in [0.717, 1.165) is 0 Å². The molecule has 2 aromatic rings. The maximum Gasteiger partial charge on any atom is 0.230 e. The molecule has 82 valence electrons. The molecule has 2 rings (SSSR count). The van der Waals surface area contributed by atoms with Crippen molar-refractivity contribution in [1.29, 1.82) is 0 Å². The minimum absolute atomic E-state index is 0.159. The quantitative estimate of drug-likeness (QED) is 0.763. The van der Waals surface area contributed by atoms with Gasteiger partial charge < -0.3 is 4.42 Å². The van der Waals surface area contributed by atoms with E-state index in [9.17, 15) is 9.18 Å². The lowest BCUT2D eigenvalue weighted by Crippen LogP contribution is -2.02. The summed E-state index contributed by atoms with van der Waals surface area (Å²) in [6.07, 6.45) is 1.39. The molecule has 0 bridgehead atoms. The molecule has 0 fully saturated rings. The van der Waals surface area contributed by atoms with Gasteiger partial charge >= 0.3 is 0 Å². The van der Waals surface area contributed by atoms with Crippen molar-refractivity contribution >= 4 is 37.6 Å². The molecule has 0 aliphatic rings. The maximum absolute atomic E-state index is 13.0. The van der Waals surface area contributed by atoms with Gasteiger partial charge in [-0.15, -0.1) is 0 Å². The lowest BCUT2D eigenvalue weighted by Gasteiger charge is -2.01. The molecule has 0 aliphatic carbocycles. The molecule has 1 aromatic carbocycles. The average Bonchev–Trinajstić information content (AvgIpc) is 2.67. The van der Waals surface area contributed by atoms with Gasteiger partial charge in [-0.25, -0.2) is 4.39 Å². The highest BCUT2D eigenvalue weighted by Gasteiger charge is 2.19. The SMILES string of the molecule is O=C(c1cc(F)ccc1Br)c1occc1Br. The van der Waals surface area contributed by atoms with Crippen LogP contribution in [0.15, 0.2) is 43.9 Å². The second-order valence-electron chi connectivity index (χ2n) is 3.05. The van der Waals surface area contributed by atoms with Gasteiger partial charge in [0, 0.05) is 10.0 Å². The summed E-state index contributed by atoms with van der Waals surface area (Å²) >= 11 is 6.38. The van der Waals surface area contributed by atoms with Gasteiger partial charge in [0.25, 0.3) is 0 Å². The Bertz CT molecular complexity index is 549. The summed E-state index contributed by atoms with van der Waals surface area (Å²) in [5, 5.41) is 0. The average molecular weight is 348 g/mol. The van der Waals surface area contributed by atoms with Crippen LogP contribution in [-0.2, 0) is 0 Å². The summed E-state index contributed by atoms with van der Waals surface area (Å²) < 4.78 is 19.1. The van der Waals surface area contributed by atoms with Crippen molar-refractivity contribution in [3.05, 3.63) is 56.6 Å². The van der Waals surface area contributed by atoms with Crippen molar-refractivity contribution in [2.24, 2.45) is 0 Å². The van der Waals surface area contributed by atoms with Crippen molar-refractivity contribution in [2.45, 2.75) is 0 Å². The van der Waals surface area contributed by atoms with Gasteiger partial charge in [-0.3, -0.25) is 4.79 Å². The van der Waals surface area contributed by atoms with Gasteiger partial charge in [0.2, 0.25) is 5.78 Å². The molecule has 0 saturated heterocycles. The number of rotatable bonds is 2. The minimum Gasteiger partial charge on any atom is -0.460 e. The molecular formula is C11H5Br2FO2. The van der Waals surface area contributed by atoms with Crippen LogP contribution in [0, 0.1) is 5.82 Å². The van der Waals surface area contributed by atoms with Crippen LogP contribution in [0.3, 0.4) is 0 Å². The highest BCUT2D eigenvalue weighted by molar-refractivity contribution is 9.10. The van der Waals surface area contributed by atoms with Crippen LogP contribution in [0.25, 0.3) is 0 Å². The first kappa shape index (κ1) is 11.5. The lowest BCUT2D eigenvalue weighted by atomic mass is 10.1. The number of halogens is 3. The fraction of sp³-hybridized carbons (Fsp3) is 0. The Labute approximate surface area is 108 Å². The highest BCUT2D eigenvalue weighted by Crippen LogP contribution is 2.25. The number of furan rings is 1. The molecule has 1 heterocycles. The standard InChI is InChI=1S/C11H5Br2FO2/c12-8-2-1-6(14)5-7(8)10(15)11-9(13)3-4-16-11/h1-5H. The van der Waals surface area contributed by atoms with Crippen LogP contribution in [-0.4, -0.2) is 5.78 Å². The van der Waals surface area contributed by atoms with E-state index in [1.165, 1.54) is 24.5 Å². The van der Waals surface area contributed by atoms with E-state index in [1.807, 2.05) is 0 Å². The third kappa shape index (κ3) is 2.10. The smallest absolute Gasteiger partial charge is 0.230 e. The molecule has 0 atom stereocenters. The largest absolute Gasteiger partial charge is 0.460 e. The molecule has 16 heavy (non-hydrogen) atoms. The molecule has 1 aromatic heterocycles. The Balaban J connectivity index is 2.49. The molecule has 0 N–H and O–H groups in total. The predicted molar refractivity (Wildman–Crippen MR) is 63.9 cm³/mol. The fourth-order valence-electron chi connectivity index (χ4n) is 1.25. The van der Waals surface area contributed by atoms with Crippen LogP contribution in [0.1, 0.15) is 16.1 Å². The summed E-state index contributed by atoms with van der Waals surface area (Å²) in [6.45, 7) is 0. The molecule has 0 aliphatic heterocycles. The Morgan fingerprint density at radius 2 is 1.94 bits per heavy atom. The Hall–Kier alpha value is -0.940. The Kier molecular flexibility index (Phi) is 3.25. The zero-order valence-corrected chi connectivity index (χ0v) is 11.0. The van der Waals surface area contributed by atoms with Crippen molar-refractivity contribution in [3.63, 3.8) is 0 Å². The summed E-state index contributed by atoms with van der Waals surface area (Å²) in [4.78, 5) is 12.0. The first-order valence-corrected chi connectivity index (χ1v) is 5.91. The van der Waals surface area contributed by atoms with E-state index >= 15 is 0 Å². The number of benzene rings is 1. The van der Waals surface area contributed by atoms with Crippen LogP contribution in [0.2, 0.25) is 0 Å². The number of ketones is 1. The molecule has 2 nitrogen and oxygen atoms in total. The van der Waals surface area contributed by atoms with Crippen LogP contribution in [0.5, 0.6) is 0 Å². The third-order valence-corrected chi connectivity index (χ3v) is 3.31. The number of hydrogen-bond donors (Lipinski definition) is 0. The van der Waals surface area contributed by atoms with Crippen molar-refractivity contribution in [2.75, 3.05) is 0 Å². The molecule has 0 spiro atoms. The maximum atomic E-state index is 13.0. The van der Waals surface area contributed by atoms with Crippen LogP contribution >= 0.6 is 31.9 Å². The Morgan fingerprint density at radius 1 is 1.19 bits per heavy atom. The van der Waals surface area contributed by atoms with Gasteiger partial charge in [0.1, 0.15) is 5.82 Å². The van der Waals surface area contributed by atoms with E-state index in [2.05, 4.69) is 31.9 Å². The molecule has 0 unspecified atom stereocenters. The summed E-state index contributed by atoms with van der Waals surface area (Å²) in [7, 11) is 0.